The number of benzene rings is 4. The van der Waals surface area contributed by atoms with Gasteiger partial charge in [-0.25, -0.2) is 9.97 Å². The van der Waals surface area contributed by atoms with Crippen LogP contribution in [0.25, 0.3) is 11.0 Å². The highest BCUT2D eigenvalue weighted by Gasteiger charge is 2.18. The van der Waals surface area contributed by atoms with E-state index in [9.17, 15) is 4.79 Å². The van der Waals surface area contributed by atoms with E-state index in [2.05, 4.69) is 65.6 Å². The number of halogens is 1. The lowest BCUT2D eigenvalue weighted by Crippen LogP contribution is -2.05. The quantitative estimate of drug-likeness (QED) is 0.192. The Morgan fingerprint density at radius 1 is 0.634 bits per heavy atom. The SMILES string of the molecule is Nc1nc(Cc2ccccc2)c(Cc2ccccc2)c2[nH]c(Cc3ccccc3)nc12.O=C(Cl)Cc1ccccc1. The van der Waals surface area contributed by atoms with E-state index in [0.29, 0.717) is 12.2 Å². The zero-order chi connectivity index (χ0) is 28.4. The van der Waals surface area contributed by atoms with Crippen LogP contribution < -0.4 is 5.73 Å². The Hall–Kier alpha value is -4.74. The first-order valence-electron chi connectivity index (χ1n) is 13.5. The monoisotopic (exact) mass is 558 g/mol. The summed E-state index contributed by atoms with van der Waals surface area (Å²) in [5, 5.41) is -0.314. The lowest BCUT2D eigenvalue weighted by atomic mass is 9.98. The molecule has 6 rings (SSSR count). The molecule has 6 heteroatoms. The Morgan fingerprint density at radius 3 is 1.61 bits per heavy atom. The molecule has 3 N–H and O–H groups in total. The number of carbonyl (C=O) groups is 1. The molecule has 4 aromatic carbocycles. The normalized spacial score (nSPS) is 10.7. The molecule has 41 heavy (non-hydrogen) atoms. The highest BCUT2D eigenvalue weighted by atomic mass is 35.5. The molecule has 0 saturated carbocycles. The lowest BCUT2D eigenvalue weighted by Gasteiger charge is -2.12. The minimum atomic E-state index is -0.314. The van der Waals surface area contributed by atoms with Crippen molar-refractivity contribution in [2.24, 2.45) is 0 Å². The molecule has 6 aromatic rings. The van der Waals surface area contributed by atoms with E-state index in [4.69, 9.17) is 27.3 Å². The zero-order valence-electron chi connectivity index (χ0n) is 22.6. The number of pyridine rings is 1. The van der Waals surface area contributed by atoms with Gasteiger partial charge in [0, 0.05) is 31.2 Å². The fraction of sp³-hybridized carbons (Fsp3) is 0.114. The fourth-order valence-corrected chi connectivity index (χ4v) is 4.95. The third kappa shape index (κ3) is 7.68. The summed E-state index contributed by atoms with van der Waals surface area (Å²) < 4.78 is 0. The highest BCUT2D eigenvalue weighted by Crippen LogP contribution is 2.28. The van der Waals surface area contributed by atoms with Gasteiger partial charge in [0.05, 0.1) is 11.2 Å². The molecule has 0 aliphatic heterocycles. The van der Waals surface area contributed by atoms with E-state index < -0.39 is 0 Å². The minimum Gasteiger partial charge on any atom is -0.382 e. The third-order valence-electron chi connectivity index (χ3n) is 6.74. The number of nitrogen functional groups attached to an aromatic ring is 1. The molecule has 0 spiro atoms. The van der Waals surface area contributed by atoms with Crippen LogP contribution in [0.5, 0.6) is 0 Å². The summed E-state index contributed by atoms with van der Waals surface area (Å²) in [5.74, 6) is 1.38. The van der Waals surface area contributed by atoms with Gasteiger partial charge in [0.15, 0.2) is 5.82 Å². The number of carbonyl (C=O) groups excluding carboxylic acids is 1. The van der Waals surface area contributed by atoms with Gasteiger partial charge in [-0.2, -0.15) is 0 Å². The number of rotatable bonds is 8. The minimum absolute atomic E-state index is 0.314. The van der Waals surface area contributed by atoms with Gasteiger partial charge in [-0.3, -0.25) is 4.79 Å². The molecular weight excluding hydrogens is 528 g/mol. The number of hydrogen-bond acceptors (Lipinski definition) is 4. The van der Waals surface area contributed by atoms with Crippen LogP contribution in [0.1, 0.15) is 39.3 Å². The summed E-state index contributed by atoms with van der Waals surface area (Å²) in [5.41, 5.74) is 14.9. The maximum absolute atomic E-state index is 10.4. The predicted molar refractivity (Wildman–Crippen MR) is 167 cm³/mol. The lowest BCUT2D eigenvalue weighted by molar-refractivity contribution is -0.111. The molecule has 2 heterocycles. The van der Waals surface area contributed by atoms with Crippen molar-refractivity contribution in [3.63, 3.8) is 0 Å². The molecule has 0 aliphatic rings. The number of H-pyrrole nitrogens is 1. The van der Waals surface area contributed by atoms with E-state index in [1.54, 1.807) is 0 Å². The molecule has 0 amide bonds. The Labute approximate surface area is 245 Å². The maximum atomic E-state index is 10.4. The Bertz CT molecular complexity index is 1700. The number of hydrogen-bond donors (Lipinski definition) is 2. The molecule has 0 fully saturated rings. The maximum Gasteiger partial charge on any atom is 0.226 e. The van der Waals surface area contributed by atoms with Gasteiger partial charge in [-0.15, -0.1) is 0 Å². The van der Waals surface area contributed by atoms with Crippen molar-refractivity contribution >= 4 is 33.7 Å². The van der Waals surface area contributed by atoms with E-state index in [1.165, 1.54) is 16.7 Å². The van der Waals surface area contributed by atoms with Crippen LogP contribution >= 0.6 is 11.6 Å². The van der Waals surface area contributed by atoms with Crippen molar-refractivity contribution in [3.05, 3.63) is 161 Å². The number of aromatic amines is 1. The number of nitrogens with one attached hydrogen (secondary N) is 1. The summed E-state index contributed by atoms with van der Waals surface area (Å²) in [6, 6.07) is 40.7. The summed E-state index contributed by atoms with van der Waals surface area (Å²) in [4.78, 5) is 23.6. The number of fused-ring (bicyclic) bond motifs is 1. The first kappa shape index (κ1) is 27.8. The molecule has 2 aromatic heterocycles. The summed E-state index contributed by atoms with van der Waals surface area (Å²) >= 11 is 5.17. The molecule has 0 saturated heterocycles. The van der Waals surface area contributed by atoms with Crippen LogP contribution in [-0.2, 0) is 30.5 Å². The molecule has 0 aliphatic carbocycles. The van der Waals surface area contributed by atoms with Crippen molar-refractivity contribution in [3.8, 4) is 0 Å². The molecule has 5 nitrogen and oxygen atoms in total. The van der Waals surface area contributed by atoms with Crippen molar-refractivity contribution in [2.45, 2.75) is 25.7 Å². The van der Waals surface area contributed by atoms with Crippen LogP contribution in [0.3, 0.4) is 0 Å². The largest absolute Gasteiger partial charge is 0.382 e. The van der Waals surface area contributed by atoms with Gasteiger partial charge in [-0.05, 0) is 33.9 Å². The summed E-state index contributed by atoms with van der Waals surface area (Å²) in [6.45, 7) is 0. The Kier molecular flexibility index (Phi) is 9.19. The molecule has 0 bridgehead atoms. The summed E-state index contributed by atoms with van der Waals surface area (Å²) in [6.07, 6.45) is 2.56. The standard InChI is InChI=1S/C27H24N4.C8H7ClO/c28-27-26-25(30-24(31-26)18-21-14-8-3-9-15-21)22(16-19-10-4-1-5-11-19)23(29-27)17-20-12-6-2-7-13-20;9-8(10)6-7-4-2-1-3-5-7/h1-15H,16-18H2,(H2,28,29)(H,30,31);1-5H,6H2. The Morgan fingerprint density at radius 2 is 1.10 bits per heavy atom. The molecular formula is C35H31ClN4O. The topological polar surface area (TPSA) is 84.7 Å². The zero-order valence-corrected chi connectivity index (χ0v) is 23.4. The fourth-order valence-electron chi connectivity index (χ4n) is 4.79. The van der Waals surface area contributed by atoms with Crippen molar-refractivity contribution in [1.29, 1.82) is 0 Å². The first-order chi connectivity index (χ1) is 20.0. The second-order valence-electron chi connectivity index (χ2n) is 9.83. The van der Waals surface area contributed by atoms with Gasteiger partial charge in [0.25, 0.3) is 0 Å². The van der Waals surface area contributed by atoms with Gasteiger partial charge >= 0.3 is 0 Å². The molecule has 0 unspecified atom stereocenters. The predicted octanol–water partition coefficient (Wildman–Crippen LogP) is 7.31. The van der Waals surface area contributed by atoms with Gasteiger partial charge in [0.1, 0.15) is 11.3 Å². The average molecular weight is 559 g/mol. The second-order valence-corrected chi connectivity index (χ2v) is 10.3. The first-order valence-corrected chi connectivity index (χ1v) is 13.9. The van der Waals surface area contributed by atoms with E-state index in [1.807, 2.05) is 60.7 Å². The second kappa shape index (κ2) is 13.6. The highest BCUT2D eigenvalue weighted by molar-refractivity contribution is 6.63. The average Bonchev–Trinajstić information content (AvgIpc) is 3.42. The van der Waals surface area contributed by atoms with Crippen molar-refractivity contribution in [1.82, 2.24) is 15.0 Å². The van der Waals surface area contributed by atoms with Crippen molar-refractivity contribution in [2.75, 3.05) is 5.73 Å². The summed E-state index contributed by atoms with van der Waals surface area (Å²) in [7, 11) is 0. The number of anilines is 1. The van der Waals surface area contributed by atoms with E-state index in [0.717, 1.165) is 52.9 Å². The van der Waals surface area contributed by atoms with Crippen LogP contribution in [-0.4, -0.2) is 20.2 Å². The molecule has 0 atom stereocenters. The van der Waals surface area contributed by atoms with Gasteiger partial charge in [-0.1, -0.05) is 121 Å². The molecule has 0 radical (unpaired) electrons. The Balaban J connectivity index is 0.000000287. The van der Waals surface area contributed by atoms with Crippen LogP contribution in [0.2, 0.25) is 0 Å². The van der Waals surface area contributed by atoms with Crippen molar-refractivity contribution < 1.29 is 4.79 Å². The number of nitrogens with two attached hydrogens (primary N) is 1. The van der Waals surface area contributed by atoms with Crippen LogP contribution in [0, 0.1) is 0 Å². The number of aromatic nitrogens is 3. The third-order valence-corrected chi connectivity index (χ3v) is 6.87. The number of nitrogens with zero attached hydrogens (tertiary/aromatic N) is 2. The van der Waals surface area contributed by atoms with E-state index in [-0.39, 0.29) is 5.24 Å². The van der Waals surface area contributed by atoms with Gasteiger partial charge in [0.2, 0.25) is 5.24 Å². The smallest absolute Gasteiger partial charge is 0.226 e. The van der Waals surface area contributed by atoms with Gasteiger partial charge < -0.3 is 10.7 Å². The number of imidazole rings is 1. The van der Waals surface area contributed by atoms with Crippen LogP contribution in [0.4, 0.5) is 5.82 Å². The van der Waals surface area contributed by atoms with Crippen LogP contribution in [0.15, 0.2) is 121 Å². The molecule has 204 valence electrons. The van der Waals surface area contributed by atoms with E-state index >= 15 is 0 Å².